The average molecular weight is 360 g/mol. The number of thioether (sulfide) groups is 1. The van der Waals surface area contributed by atoms with E-state index in [1.165, 1.54) is 43.1 Å². The summed E-state index contributed by atoms with van der Waals surface area (Å²) in [5, 5.41) is 6.75. The number of aromatic nitrogens is 2. The standard InChI is InChI=1S/C18H24N4O2S/c1-14-19-17(21-24-14)12-25-13-18(23)20-15-6-8-16(9-7-15)22-10-4-2-3-5-11-22/h6-9H,2-5,10-13H2,1H3,(H,20,23). The first-order chi connectivity index (χ1) is 12.2. The Kier molecular flexibility index (Phi) is 6.33. The molecule has 25 heavy (non-hydrogen) atoms. The van der Waals surface area contributed by atoms with Crippen LogP contribution in [0.4, 0.5) is 11.4 Å². The smallest absolute Gasteiger partial charge is 0.234 e. The lowest BCUT2D eigenvalue weighted by Crippen LogP contribution is -2.23. The van der Waals surface area contributed by atoms with Gasteiger partial charge < -0.3 is 14.7 Å². The molecule has 0 spiro atoms. The zero-order chi connectivity index (χ0) is 17.5. The molecule has 1 saturated heterocycles. The second-order valence-corrected chi connectivity index (χ2v) is 7.20. The van der Waals surface area contributed by atoms with Crippen LogP contribution in [0.5, 0.6) is 0 Å². The predicted molar refractivity (Wildman–Crippen MR) is 101 cm³/mol. The number of nitrogens with zero attached hydrogens (tertiary/aromatic N) is 3. The van der Waals surface area contributed by atoms with E-state index in [2.05, 4.69) is 32.5 Å². The van der Waals surface area contributed by atoms with E-state index in [-0.39, 0.29) is 5.91 Å². The zero-order valence-electron chi connectivity index (χ0n) is 14.5. The minimum absolute atomic E-state index is 0.0206. The summed E-state index contributed by atoms with van der Waals surface area (Å²) in [5.74, 6) is 2.08. The summed E-state index contributed by atoms with van der Waals surface area (Å²) < 4.78 is 4.91. The van der Waals surface area contributed by atoms with E-state index in [4.69, 9.17) is 4.52 Å². The van der Waals surface area contributed by atoms with E-state index >= 15 is 0 Å². The van der Waals surface area contributed by atoms with Crippen LogP contribution in [-0.4, -0.2) is 34.9 Å². The Morgan fingerprint density at radius 3 is 2.56 bits per heavy atom. The quantitative estimate of drug-likeness (QED) is 0.848. The Bertz CT molecular complexity index is 679. The third kappa shape index (κ3) is 5.49. The van der Waals surface area contributed by atoms with Gasteiger partial charge in [0.15, 0.2) is 5.82 Å². The van der Waals surface area contributed by atoms with Crippen LogP contribution in [0.25, 0.3) is 0 Å². The molecule has 0 aliphatic carbocycles. The van der Waals surface area contributed by atoms with Crippen LogP contribution in [0.15, 0.2) is 28.8 Å². The van der Waals surface area contributed by atoms with Crippen molar-refractivity contribution in [3.8, 4) is 0 Å². The van der Waals surface area contributed by atoms with Crippen molar-refractivity contribution in [1.29, 1.82) is 0 Å². The van der Waals surface area contributed by atoms with Gasteiger partial charge in [-0.2, -0.15) is 4.98 Å². The highest BCUT2D eigenvalue weighted by atomic mass is 32.2. The average Bonchev–Trinajstić information content (AvgIpc) is 2.85. The number of carbonyl (C=O) groups excluding carboxylic acids is 1. The Morgan fingerprint density at radius 2 is 1.92 bits per heavy atom. The molecular formula is C18H24N4O2S. The van der Waals surface area contributed by atoms with E-state index in [0.717, 1.165) is 18.8 Å². The first-order valence-corrected chi connectivity index (χ1v) is 9.88. The normalized spacial score (nSPS) is 15.0. The minimum atomic E-state index is -0.0206. The zero-order valence-corrected chi connectivity index (χ0v) is 15.3. The van der Waals surface area contributed by atoms with Gasteiger partial charge in [-0.1, -0.05) is 18.0 Å². The van der Waals surface area contributed by atoms with E-state index in [0.29, 0.717) is 23.2 Å². The van der Waals surface area contributed by atoms with Crippen LogP contribution in [0.1, 0.15) is 37.4 Å². The molecule has 1 aliphatic rings. The Balaban J connectivity index is 1.44. The van der Waals surface area contributed by atoms with Gasteiger partial charge in [0.2, 0.25) is 11.8 Å². The third-order valence-electron chi connectivity index (χ3n) is 4.16. The predicted octanol–water partition coefficient (Wildman–Crippen LogP) is 3.63. The fourth-order valence-corrected chi connectivity index (χ4v) is 3.58. The molecule has 1 amide bonds. The molecule has 0 bridgehead atoms. The first kappa shape index (κ1) is 17.8. The van der Waals surface area contributed by atoms with Gasteiger partial charge in [-0.3, -0.25) is 4.79 Å². The van der Waals surface area contributed by atoms with Gasteiger partial charge in [0.1, 0.15) is 0 Å². The number of amides is 1. The van der Waals surface area contributed by atoms with E-state index < -0.39 is 0 Å². The molecule has 1 aromatic carbocycles. The number of anilines is 2. The monoisotopic (exact) mass is 360 g/mol. The first-order valence-electron chi connectivity index (χ1n) is 8.72. The number of hydrogen-bond donors (Lipinski definition) is 1. The third-order valence-corrected chi connectivity index (χ3v) is 5.08. The highest BCUT2D eigenvalue weighted by Gasteiger charge is 2.10. The molecule has 2 heterocycles. The molecule has 134 valence electrons. The fourth-order valence-electron chi connectivity index (χ4n) is 2.92. The molecule has 7 heteroatoms. The molecule has 1 aliphatic heterocycles. The lowest BCUT2D eigenvalue weighted by molar-refractivity contribution is -0.113. The van der Waals surface area contributed by atoms with Gasteiger partial charge in [-0.15, -0.1) is 11.8 Å². The molecule has 0 atom stereocenters. The van der Waals surface area contributed by atoms with Crippen molar-refractivity contribution in [3.05, 3.63) is 36.0 Å². The molecule has 2 aromatic rings. The summed E-state index contributed by atoms with van der Waals surface area (Å²) in [6.07, 6.45) is 5.17. The summed E-state index contributed by atoms with van der Waals surface area (Å²) in [7, 11) is 0. The largest absolute Gasteiger partial charge is 0.372 e. The maximum Gasteiger partial charge on any atom is 0.234 e. The van der Waals surface area contributed by atoms with Gasteiger partial charge in [0, 0.05) is 31.4 Å². The van der Waals surface area contributed by atoms with Crippen LogP contribution in [0.2, 0.25) is 0 Å². The molecule has 0 unspecified atom stereocenters. The van der Waals surface area contributed by atoms with Crippen LogP contribution in [-0.2, 0) is 10.5 Å². The Morgan fingerprint density at radius 1 is 1.20 bits per heavy atom. The van der Waals surface area contributed by atoms with Crippen molar-refractivity contribution in [2.24, 2.45) is 0 Å². The van der Waals surface area contributed by atoms with Crippen molar-refractivity contribution in [1.82, 2.24) is 10.1 Å². The van der Waals surface area contributed by atoms with Crippen molar-refractivity contribution in [2.45, 2.75) is 38.4 Å². The van der Waals surface area contributed by atoms with Gasteiger partial charge in [-0.05, 0) is 37.1 Å². The molecule has 6 nitrogen and oxygen atoms in total. The number of aryl methyl sites for hydroxylation is 1. The highest BCUT2D eigenvalue weighted by molar-refractivity contribution is 7.99. The van der Waals surface area contributed by atoms with Gasteiger partial charge in [0.05, 0.1) is 11.5 Å². The topological polar surface area (TPSA) is 71.3 Å². The summed E-state index contributed by atoms with van der Waals surface area (Å²) >= 11 is 1.47. The molecule has 3 rings (SSSR count). The van der Waals surface area contributed by atoms with E-state index in [1.54, 1.807) is 6.92 Å². The van der Waals surface area contributed by atoms with Crippen molar-refractivity contribution >= 4 is 29.0 Å². The molecule has 1 aromatic heterocycles. The van der Waals surface area contributed by atoms with Crippen LogP contribution < -0.4 is 10.2 Å². The second-order valence-electron chi connectivity index (χ2n) is 6.22. The molecule has 0 saturated carbocycles. The number of rotatable bonds is 6. The molecule has 1 fully saturated rings. The highest BCUT2D eigenvalue weighted by Crippen LogP contribution is 2.21. The second kappa shape index (κ2) is 8.89. The van der Waals surface area contributed by atoms with E-state index in [9.17, 15) is 4.79 Å². The lowest BCUT2D eigenvalue weighted by Gasteiger charge is -2.22. The Hall–Kier alpha value is -2.02. The van der Waals surface area contributed by atoms with Crippen molar-refractivity contribution in [2.75, 3.05) is 29.1 Å². The minimum Gasteiger partial charge on any atom is -0.372 e. The molecule has 1 N–H and O–H groups in total. The van der Waals surface area contributed by atoms with Gasteiger partial charge in [0.25, 0.3) is 0 Å². The SMILES string of the molecule is Cc1nc(CSCC(=O)Nc2ccc(N3CCCCCC3)cc2)no1. The maximum atomic E-state index is 12.0. The van der Waals surface area contributed by atoms with Crippen molar-refractivity contribution < 1.29 is 9.32 Å². The number of benzene rings is 1. The van der Waals surface area contributed by atoms with Crippen LogP contribution in [0.3, 0.4) is 0 Å². The summed E-state index contributed by atoms with van der Waals surface area (Å²) in [5.41, 5.74) is 2.07. The summed E-state index contributed by atoms with van der Waals surface area (Å²) in [4.78, 5) is 18.6. The number of nitrogens with one attached hydrogen (secondary N) is 1. The molecule has 0 radical (unpaired) electrons. The molecular weight excluding hydrogens is 336 g/mol. The van der Waals surface area contributed by atoms with Crippen LogP contribution in [0, 0.1) is 6.92 Å². The van der Waals surface area contributed by atoms with E-state index in [1.807, 2.05) is 12.1 Å². The lowest BCUT2D eigenvalue weighted by atomic mass is 10.2. The fraction of sp³-hybridized carbons (Fsp3) is 0.500. The van der Waals surface area contributed by atoms with Gasteiger partial charge >= 0.3 is 0 Å². The summed E-state index contributed by atoms with van der Waals surface area (Å²) in [6, 6.07) is 8.14. The van der Waals surface area contributed by atoms with Crippen LogP contribution >= 0.6 is 11.8 Å². The number of carbonyl (C=O) groups is 1. The Labute approximate surface area is 152 Å². The van der Waals surface area contributed by atoms with Gasteiger partial charge in [-0.25, -0.2) is 0 Å². The summed E-state index contributed by atoms with van der Waals surface area (Å²) in [6.45, 7) is 4.00. The van der Waals surface area contributed by atoms with Crippen molar-refractivity contribution in [3.63, 3.8) is 0 Å². The number of hydrogen-bond acceptors (Lipinski definition) is 6. The maximum absolute atomic E-state index is 12.0.